The zero-order chi connectivity index (χ0) is 18.7. The van der Waals surface area contributed by atoms with Crippen LogP contribution in [0, 0.1) is 0 Å². The molecule has 1 aromatic carbocycles. The van der Waals surface area contributed by atoms with Crippen LogP contribution in [-0.4, -0.2) is 25.5 Å². The van der Waals surface area contributed by atoms with Crippen molar-refractivity contribution >= 4 is 52.1 Å². The fourth-order valence-electron chi connectivity index (χ4n) is 1.75. The molecule has 0 aliphatic carbocycles. The van der Waals surface area contributed by atoms with E-state index >= 15 is 0 Å². The molecule has 0 unspecified atom stereocenters. The molecule has 0 aliphatic rings. The highest BCUT2D eigenvalue weighted by molar-refractivity contribution is 6.55. The van der Waals surface area contributed by atoms with Gasteiger partial charge in [0.25, 0.3) is 0 Å². The second-order valence-electron chi connectivity index (χ2n) is 5.30. The first kappa shape index (κ1) is 22.2. The van der Waals surface area contributed by atoms with Crippen molar-refractivity contribution in [3.8, 4) is 11.5 Å². The standard InChI is InChI=1S/C17H21Cl4NO3/c1-12(2)22-25-8-5-3-4-7-24-17-14(18)10-13(11-15(17)19)23-9-6-16(20)21/h6,10-11H,3-5,7-9H2,1-2H3. The van der Waals surface area contributed by atoms with Gasteiger partial charge in [0.1, 0.15) is 23.5 Å². The maximum Gasteiger partial charge on any atom is 0.156 e. The van der Waals surface area contributed by atoms with Gasteiger partial charge in [0.2, 0.25) is 0 Å². The van der Waals surface area contributed by atoms with E-state index < -0.39 is 0 Å². The number of oxime groups is 1. The van der Waals surface area contributed by atoms with Gasteiger partial charge in [-0.3, -0.25) is 0 Å². The van der Waals surface area contributed by atoms with E-state index in [0.717, 1.165) is 25.0 Å². The molecule has 0 saturated heterocycles. The highest BCUT2D eigenvalue weighted by Crippen LogP contribution is 2.37. The summed E-state index contributed by atoms with van der Waals surface area (Å²) in [5.74, 6) is 0.959. The topological polar surface area (TPSA) is 40.0 Å². The molecule has 25 heavy (non-hydrogen) atoms. The van der Waals surface area contributed by atoms with Crippen molar-refractivity contribution < 1.29 is 14.3 Å². The number of nitrogens with zero attached hydrogens (tertiary/aromatic N) is 1. The zero-order valence-corrected chi connectivity index (χ0v) is 17.2. The Morgan fingerprint density at radius 3 is 2.24 bits per heavy atom. The van der Waals surface area contributed by atoms with Gasteiger partial charge < -0.3 is 14.3 Å². The molecule has 0 aromatic heterocycles. The summed E-state index contributed by atoms with van der Waals surface area (Å²) in [6, 6.07) is 3.27. The first-order valence-corrected chi connectivity index (χ1v) is 9.30. The molecule has 140 valence electrons. The summed E-state index contributed by atoms with van der Waals surface area (Å²) < 4.78 is 11.2. The SMILES string of the molecule is CC(C)=NOCCCCCOc1c(Cl)cc(OCC=C(Cl)Cl)cc1Cl. The van der Waals surface area contributed by atoms with Crippen molar-refractivity contribution in [1.82, 2.24) is 0 Å². The van der Waals surface area contributed by atoms with Gasteiger partial charge >= 0.3 is 0 Å². The van der Waals surface area contributed by atoms with E-state index in [-0.39, 0.29) is 11.1 Å². The minimum absolute atomic E-state index is 0.138. The van der Waals surface area contributed by atoms with Gasteiger partial charge in [0.05, 0.1) is 22.4 Å². The monoisotopic (exact) mass is 427 g/mol. The molecule has 0 radical (unpaired) electrons. The molecule has 4 nitrogen and oxygen atoms in total. The predicted octanol–water partition coefficient (Wildman–Crippen LogP) is 6.65. The molecule has 0 aliphatic heterocycles. The predicted molar refractivity (Wildman–Crippen MR) is 106 cm³/mol. The zero-order valence-electron chi connectivity index (χ0n) is 14.2. The number of hydrogen-bond donors (Lipinski definition) is 0. The lowest BCUT2D eigenvalue weighted by Crippen LogP contribution is -2.01. The third kappa shape index (κ3) is 10.0. The molecule has 0 N–H and O–H groups in total. The third-order valence-corrected chi connectivity index (χ3v) is 3.70. The lowest BCUT2D eigenvalue weighted by atomic mass is 10.2. The molecule has 1 aromatic rings. The highest BCUT2D eigenvalue weighted by Gasteiger charge is 2.10. The molecule has 0 bridgehead atoms. The lowest BCUT2D eigenvalue weighted by Gasteiger charge is -2.12. The van der Waals surface area contributed by atoms with E-state index in [0.29, 0.717) is 34.8 Å². The van der Waals surface area contributed by atoms with Crippen molar-refractivity contribution in [2.75, 3.05) is 19.8 Å². The van der Waals surface area contributed by atoms with Gasteiger partial charge in [-0.1, -0.05) is 51.6 Å². The minimum Gasteiger partial charge on any atom is -0.490 e. The summed E-state index contributed by atoms with van der Waals surface area (Å²) in [5.41, 5.74) is 0.904. The van der Waals surface area contributed by atoms with Crippen molar-refractivity contribution in [2.24, 2.45) is 5.16 Å². The Labute approximate surface area is 168 Å². The second kappa shape index (κ2) is 12.5. The summed E-state index contributed by atoms with van der Waals surface area (Å²) in [4.78, 5) is 5.13. The largest absolute Gasteiger partial charge is 0.490 e. The Morgan fingerprint density at radius 1 is 1.00 bits per heavy atom. The average Bonchev–Trinajstić information content (AvgIpc) is 2.51. The maximum absolute atomic E-state index is 6.20. The van der Waals surface area contributed by atoms with E-state index in [1.54, 1.807) is 12.1 Å². The number of ether oxygens (including phenoxy) is 2. The minimum atomic E-state index is 0.138. The van der Waals surface area contributed by atoms with Crippen LogP contribution in [0.3, 0.4) is 0 Å². The van der Waals surface area contributed by atoms with E-state index in [2.05, 4.69) is 5.16 Å². The van der Waals surface area contributed by atoms with Crippen LogP contribution >= 0.6 is 46.4 Å². The van der Waals surface area contributed by atoms with Crippen molar-refractivity contribution in [3.05, 3.63) is 32.7 Å². The lowest BCUT2D eigenvalue weighted by molar-refractivity contribution is 0.138. The van der Waals surface area contributed by atoms with Gasteiger partial charge in [0, 0.05) is 12.1 Å². The van der Waals surface area contributed by atoms with Gasteiger partial charge in [-0.2, -0.15) is 0 Å². The van der Waals surface area contributed by atoms with Crippen molar-refractivity contribution in [3.63, 3.8) is 0 Å². The molecule has 8 heteroatoms. The Hall–Kier alpha value is -0.810. The summed E-state index contributed by atoms with van der Waals surface area (Å²) in [6.45, 7) is 5.11. The average molecular weight is 429 g/mol. The van der Waals surface area contributed by atoms with Crippen LogP contribution in [0.15, 0.2) is 27.9 Å². The van der Waals surface area contributed by atoms with Crippen molar-refractivity contribution in [1.29, 1.82) is 0 Å². The first-order valence-electron chi connectivity index (χ1n) is 7.79. The van der Waals surface area contributed by atoms with E-state index in [9.17, 15) is 0 Å². The molecule has 0 heterocycles. The normalized spacial score (nSPS) is 10.2. The van der Waals surface area contributed by atoms with Crippen LogP contribution in [0.1, 0.15) is 33.1 Å². The molecule has 1 rings (SSSR count). The Bertz CT molecular complexity index is 575. The highest BCUT2D eigenvalue weighted by atomic mass is 35.5. The molecule has 0 spiro atoms. The van der Waals surface area contributed by atoms with Gasteiger partial charge in [-0.05, 0) is 39.2 Å². The first-order chi connectivity index (χ1) is 11.9. The number of rotatable bonds is 11. The molecule has 0 fully saturated rings. The Balaban J connectivity index is 2.36. The Kier molecular flexibility index (Phi) is 11.1. The van der Waals surface area contributed by atoms with Gasteiger partial charge in [-0.15, -0.1) is 0 Å². The molecule has 0 atom stereocenters. The molecular weight excluding hydrogens is 408 g/mol. The third-order valence-electron chi connectivity index (χ3n) is 2.83. The summed E-state index contributed by atoms with van der Waals surface area (Å²) in [5, 5.41) is 4.65. The quantitative estimate of drug-likeness (QED) is 0.225. The Morgan fingerprint density at radius 2 is 1.64 bits per heavy atom. The maximum atomic E-state index is 6.20. The van der Waals surface area contributed by atoms with Crippen molar-refractivity contribution in [2.45, 2.75) is 33.1 Å². The van der Waals surface area contributed by atoms with E-state index in [4.69, 9.17) is 60.7 Å². The summed E-state index contributed by atoms with van der Waals surface area (Å²) >= 11 is 23.4. The summed E-state index contributed by atoms with van der Waals surface area (Å²) in [6.07, 6.45) is 4.25. The van der Waals surface area contributed by atoms with Crippen LogP contribution in [0.5, 0.6) is 11.5 Å². The second-order valence-corrected chi connectivity index (χ2v) is 7.12. The number of benzene rings is 1. The fraction of sp³-hybridized carbons (Fsp3) is 0.471. The van der Waals surface area contributed by atoms with E-state index in [1.165, 1.54) is 6.08 Å². The molecular formula is C17H21Cl4NO3. The van der Waals surface area contributed by atoms with Gasteiger partial charge in [-0.25, -0.2) is 0 Å². The van der Waals surface area contributed by atoms with E-state index in [1.807, 2.05) is 13.8 Å². The number of hydrogen-bond acceptors (Lipinski definition) is 4. The molecule has 0 saturated carbocycles. The van der Waals surface area contributed by atoms with Gasteiger partial charge in [0.15, 0.2) is 5.75 Å². The fourth-order valence-corrected chi connectivity index (χ4v) is 2.46. The van der Waals surface area contributed by atoms with Crippen LogP contribution in [0.2, 0.25) is 10.0 Å². The van der Waals surface area contributed by atoms with Crippen LogP contribution < -0.4 is 9.47 Å². The van der Waals surface area contributed by atoms with Crippen LogP contribution in [0.4, 0.5) is 0 Å². The molecule has 0 amide bonds. The van der Waals surface area contributed by atoms with Crippen LogP contribution in [-0.2, 0) is 4.84 Å². The number of unbranched alkanes of at least 4 members (excludes halogenated alkanes) is 2. The smallest absolute Gasteiger partial charge is 0.156 e. The number of halogens is 4. The van der Waals surface area contributed by atoms with Crippen LogP contribution in [0.25, 0.3) is 0 Å². The summed E-state index contributed by atoms with van der Waals surface area (Å²) in [7, 11) is 0.